The lowest BCUT2D eigenvalue weighted by Gasteiger charge is -2.15. The van der Waals surface area contributed by atoms with Gasteiger partial charge in [-0.3, -0.25) is 0 Å². The first-order valence-electron chi connectivity index (χ1n) is 4.19. The van der Waals surface area contributed by atoms with Crippen LogP contribution < -0.4 is 4.74 Å². The molecule has 1 unspecified atom stereocenters. The van der Waals surface area contributed by atoms with Gasteiger partial charge in [-0.25, -0.2) is 4.39 Å². The van der Waals surface area contributed by atoms with Crippen LogP contribution in [0, 0.1) is 12.7 Å². The molecular formula is C10H12ClFO2. The van der Waals surface area contributed by atoms with E-state index in [1.54, 1.807) is 6.92 Å². The molecule has 0 spiro atoms. The Labute approximate surface area is 87.3 Å². The van der Waals surface area contributed by atoms with Gasteiger partial charge in [0.25, 0.3) is 0 Å². The Bertz CT molecular complexity index is 350. The topological polar surface area (TPSA) is 29.5 Å². The molecule has 0 aliphatic heterocycles. The largest absolute Gasteiger partial charge is 0.496 e. The smallest absolute Gasteiger partial charge is 0.151 e. The standard InChI is InChI=1S/C10H12ClFO2/c1-5-4-7(11)9(12)8(6(2)13)10(5)14-3/h4,6,13H,1-3H3. The number of aliphatic hydroxyl groups excluding tert-OH is 1. The van der Waals surface area contributed by atoms with Crippen LogP contribution in [0.15, 0.2) is 6.07 Å². The average Bonchev–Trinajstić information content (AvgIpc) is 2.10. The molecule has 0 radical (unpaired) electrons. The highest BCUT2D eigenvalue weighted by molar-refractivity contribution is 6.31. The van der Waals surface area contributed by atoms with E-state index in [9.17, 15) is 9.50 Å². The summed E-state index contributed by atoms with van der Waals surface area (Å²) in [5.41, 5.74) is 0.812. The summed E-state index contributed by atoms with van der Waals surface area (Å²) < 4.78 is 18.5. The molecule has 0 bridgehead atoms. The second kappa shape index (κ2) is 4.15. The molecule has 1 rings (SSSR count). The lowest BCUT2D eigenvalue weighted by Crippen LogP contribution is -2.03. The third-order valence-electron chi connectivity index (χ3n) is 2.01. The van der Waals surface area contributed by atoms with Crippen molar-refractivity contribution in [1.82, 2.24) is 0 Å². The monoisotopic (exact) mass is 218 g/mol. The molecule has 0 heterocycles. The zero-order valence-corrected chi connectivity index (χ0v) is 9.02. The Morgan fingerprint density at radius 1 is 1.57 bits per heavy atom. The van der Waals surface area contributed by atoms with Gasteiger partial charge in [0.2, 0.25) is 0 Å². The van der Waals surface area contributed by atoms with Crippen LogP contribution in [0.25, 0.3) is 0 Å². The fraction of sp³-hybridized carbons (Fsp3) is 0.400. The number of aliphatic hydroxyl groups is 1. The average molecular weight is 219 g/mol. The molecule has 14 heavy (non-hydrogen) atoms. The van der Waals surface area contributed by atoms with Crippen LogP contribution in [-0.2, 0) is 0 Å². The first kappa shape index (κ1) is 11.3. The first-order chi connectivity index (χ1) is 6.49. The summed E-state index contributed by atoms with van der Waals surface area (Å²) in [6.07, 6.45) is -0.942. The van der Waals surface area contributed by atoms with Crippen molar-refractivity contribution < 1.29 is 14.2 Å². The molecule has 4 heteroatoms. The summed E-state index contributed by atoms with van der Waals surface area (Å²) >= 11 is 5.65. The number of hydrogen-bond acceptors (Lipinski definition) is 2. The van der Waals surface area contributed by atoms with E-state index in [0.717, 1.165) is 0 Å². The molecule has 78 valence electrons. The molecule has 1 N–H and O–H groups in total. The van der Waals surface area contributed by atoms with Crippen LogP contribution in [0.1, 0.15) is 24.2 Å². The van der Waals surface area contributed by atoms with E-state index in [1.807, 2.05) is 0 Å². The van der Waals surface area contributed by atoms with Gasteiger partial charge in [0.05, 0.1) is 23.8 Å². The molecule has 0 saturated heterocycles. The third kappa shape index (κ3) is 1.83. The lowest BCUT2D eigenvalue weighted by molar-refractivity contribution is 0.188. The summed E-state index contributed by atoms with van der Waals surface area (Å²) in [5, 5.41) is 9.39. The molecule has 0 aromatic heterocycles. The quantitative estimate of drug-likeness (QED) is 0.827. The fourth-order valence-electron chi connectivity index (χ4n) is 1.40. The van der Waals surface area contributed by atoms with Gasteiger partial charge in [-0.05, 0) is 25.5 Å². The van der Waals surface area contributed by atoms with Gasteiger partial charge >= 0.3 is 0 Å². The van der Waals surface area contributed by atoms with Gasteiger partial charge in [-0.1, -0.05) is 11.6 Å². The normalized spacial score (nSPS) is 12.7. The first-order valence-corrected chi connectivity index (χ1v) is 4.57. The van der Waals surface area contributed by atoms with Crippen molar-refractivity contribution >= 4 is 11.6 Å². The van der Waals surface area contributed by atoms with Gasteiger partial charge < -0.3 is 9.84 Å². The molecule has 1 aromatic rings. The van der Waals surface area contributed by atoms with Gasteiger partial charge in [-0.2, -0.15) is 0 Å². The van der Waals surface area contributed by atoms with Crippen molar-refractivity contribution in [2.24, 2.45) is 0 Å². The summed E-state index contributed by atoms with van der Waals surface area (Å²) in [6.45, 7) is 3.22. The van der Waals surface area contributed by atoms with Gasteiger partial charge in [0.1, 0.15) is 5.75 Å². The highest BCUT2D eigenvalue weighted by atomic mass is 35.5. The van der Waals surface area contributed by atoms with Crippen LogP contribution in [0.5, 0.6) is 5.75 Å². The van der Waals surface area contributed by atoms with E-state index in [0.29, 0.717) is 11.3 Å². The molecule has 0 aliphatic rings. The van der Waals surface area contributed by atoms with Crippen LogP contribution in [0.3, 0.4) is 0 Å². The number of ether oxygens (including phenoxy) is 1. The Hall–Kier alpha value is -0.800. The summed E-state index contributed by atoms with van der Waals surface area (Å²) in [6, 6.07) is 1.47. The molecule has 1 aromatic carbocycles. The minimum Gasteiger partial charge on any atom is -0.496 e. The summed E-state index contributed by atoms with van der Waals surface area (Å²) in [4.78, 5) is 0. The molecule has 0 saturated carbocycles. The number of aryl methyl sites for hydroxylation is 1. The minimum absolute atomic E-state index is 0.000741. The van der Waals surface area contributed by atoms with Crippen molar-refractivity contribution in [2.45, 2.75) is 20.0 Å². The number of hydrogen-bond donors (Lipinski definition) is 1. The summed E-state index contributed by atoms with van der Waals surface area (Å²) in [7, 11) is 1.43. The van der Waals surface area contributed by atoms with Crippen molar-refractivity contribution in [2.75, 3.05) is 7.11 Å². The Morgan fingerprint density at radius 3 is 2.57 bits per heavy atom. The Morgan fingerprint density at radius 2 is 2.14 bits per heavy atom. The van der Waals surface area contributed by atoms with Gasteiger partial charge in [0, 0.05) is 0 Å². The highest BCUT2D eigenvalue weighted by Gasteiger charge is 2.19. The maximum Gasteiger partial charge on any atom is 0.151 e. The van der Waals surface area contributed by atoms with Gasteiger partial charge in [0.15, 0.2) is 5.82 Å². The second-order valence-corrected chi connectivity index (χ2v) is 3.52. The van der Waals surface area contributed by atoms with E-state index in [1.165, 1.54) is 20.1 Å². The lowest BCUT2D eigenvalue weighted by atomic mass is 10.0. The number of rotatable bonds is 2. The minimum atomic E-state index is -0.942. The highest BCUT2D eigenvalue weighted by Crippen LogP contribution is 2.35. The van der Waals surface area contributed by atoms with Crippen molar-refractivity contribution in [1.29, 1.82) is 0 Å². The van der Waals surface area contributed by atoms with E-state index in [-0.39, 0.29) is 10.6 Å². The molecule has 0 fully saturated rings. The van der Waals surface area contributed by atoms with E-state index >= 15 is 0 Å². The molecule has 0 amide bonds. The Kier molecular flexibility index (Phi) is 3.34. The van der Waals surface area contributed by atoms with Crippen molar-refractivity contribution in [3.63, 3.8) is 0 Å². The predicted octanol–water partition coefficient (Wildman–Crippen LogP) is 2.85. The summed E-state index contributed by atoms with van der Waals surface area (Å²) in [5.74, 6) is -0.272. The maximum absolute atomic E-state index is 13.5. The maximum atomic E-state index is 13.5. The van der Waals surface area contributed by atoms with Crippen LogP contribution in [0.2, 0.25) is 5.02 Å². The van der Waals surface area contributed by atoms with Crippen LogP contribution in [0.4, 0.5) is 4.39 Å². The third-order valence-corrected chi connectivity index (χ3v) is 2.29. The van der Waals surface area contributed by atoms with Crippen LogP contribution >= 0.6 is 11.6 Å². The van der Waals surface area contributed by atoms with Gasteiger partial charge in [-0.15, -0.1) is 0 Å². The molecule has 2 nitrogen and oxygen atoms in total. The predicted molar refractivity (Wildman–Crippen MR) is 53.3 cm³/mol. The molecule has 0 aliphatic carbocycles. The number of halogens is 2. The molecule has 1 atom stereocenters. The SMILES string of the molecule is COc1c(C)cc(Cl)c(F)c1C(C)O. The van der Waals surface area contributed by atoms with Crippen molar-refractivity contribution in [3.05, 3.63) is 28.0 Å². The van der Waals surface area contributed by atoms with Crippen molar-refractivity contribution in [3.8, 4) is 5.75 Å². The van der Waals surface area contributed by atoms with Crippen LogP contribution in [-0.4, -0.2) is 12.2 Å². The number of benzene rings is 1. The zero-order chi connectivity index (χ0) is 10.9. The molecular weight excluding hydrogens is 207 g/mol. The zero-order valence-electron chi connectivity index (χ0n) is 8.27. The van der Waals surface area contributed by atoms with E-state index in [4.69, 9.17) is 16.3 Å². The fourth-order valence-corrected chi connectivity index (χ4v) is 1.67. The van der Waals surface area contributed by atoms with E-state index in [2.05, 4.69) is 0 Å². The number of methoxy groups -OCH3 is 1. The Balaban J connectivity index is 3.48. The van der Waals surface area contributed by atoms with E-state index < -0.39 is 11.9 Å². The second-order valence-electron chi connectivity index (χ2n) is 3.11.